The maximum absolute atomic E-state index is 9.22. The lowest BCUT2D eigenvalue weighted by molar-refractivity contribution is -0.657. The molecule has 0 unspecified atom stereocenters. The van der Waals surface area contributed by atoms with E-state index < -0.39 is 10.4 Å². The molecule has 1 aromatic carbocycles. The van der Waals surface area contributed by atoms with Crippen LogP contribution in [0.25, 0.3) is 0 Å². The molecule has 10 heteroatoms. The van der Waals surface area contributed by atoms with Crippen molar-refractivity contribution in [2.75, 3.05) is 26.1 Å². The van der Waals surface area contributed by atoms with E-state index in [1.807, 2.05) is 74.0 Å². The summed E-state index contributed by atoms with van der Waals surface area (Å²) in [6, 6.07) is 7.97. The highest BCUT2D eigenvalue weighted by atomic mass is 32.3. The number of aromatic nitrogens is 2. The van der Waals surface area contributed by atoms with Gasteiger partial charge in [-0.25, -0.2) is 17.6 Å². The van der Waals surface area contributed by atoms with Crippen molar-refractivity contribution in [1.82, 2.24) is 4.57 Å². The van der Waals surface area contributed by atoms with Crippen LogP contribution >= 0.6 is 0 Å². The molecule has 2 rings (SSSR count). The van der Waals surface area contributed by atoms with Gasteiger partial charge in [-0.2, -0.15) is 0 Å². The summed E-state index contributed by atoms with van der Waals surface area (Å²) in [5.41, 5.74) is 2.00. The molecule has 24 heavy (non-hydrogen) atoms. The van der Waals surface area contributed by atoms with E-state index in [-0.39, 0.29) is 0 Å². The molecule has 0 N–H and O–H groups in total. The molecule has 0 amide bonds. The van der Waals surface area contributed by atoms with Crippen molar-refractivity contribution in [3.8, 4) is 0 Å². The average Bonchev–Trinajstić information content (AvgIpc) is 2.84. The van der Waals surface area contributed by atoms with E-state index >= 15 is 0 Å². The molecule has 2 aromatic rings. The Bertz CT molecular complexity index is 762. The minimum atomic E-state index is -4.41. The number of aryl methyl sites for hydroxylation is 2. The van der Waals surface area contributed by atoms with Crippen LogP contribution in [0.15, 0.2) is 46.9 Å². The number of imidazole rings is 1. The summed E-state index contributed by atoms with van der Waals surface area (Å²) >= 11 is 0. The SMILES string of the molecule is CN(C)c1ccc(N=Nc2n(C)cc[n+]2C)cc1.COS(=O)(=O)[O-]. The third kappa shape index (κ3) is 6.44. The van der Waals surface area contributed by atoms with E-state index in [0.29, 0.717) is 0 Å². The van der Waals surface area contributed by atoms with Gasteiger partial charge < -0.3 is 9.45 Å². The number of azo groups is 1. The highest BCUT2D eigenvalue weighted by Crippen LogP contribution is 2.19. The van der Waals surface area contributed by atoms with E-state index in [2.05, 4.69) is 19.3 Å². The van der Waals surface area contributed by atoms with Gasteiger partial charge in [0.05, 0.1) is 33.6 Å². The van der Waals surface area contributed by atoms with Crippen LogP contribution in [0, 0.1) is 0 Å². The predicted molar refractivity (Wildman–Crippen MR) is 88.2 cm³/mol. The van der Waals surface area contributed by atoms with Crippen molar-refractivity contribution in [1.29, 1.82) is 0 Å². The molecular formula is C14H21N5O4S. The Morgan fingerprint density at radius 2 is 1.75 bits per heavy atom. The van der Waals surface area contributed by atoms with Gasteiger partial charge in [-0.05, 0) is 24.3 Å². The fourth-order valence-electron chi connectivity index (χ4n) is 1.64. The average molecular weight is 355 g/mol. The summed E-state index contributed by atoms with van der Waals surface area (Å²) in [5, 5.41) is 8.48. The quantitative estimate of drug-likeness (QED) is 0.357. The minimum absolute atomic E-state index is 0.808. The van der Waals surface area contributed by atoms with E-state index in [1.165, 1.54) is 0 Å². The highest BCUT2D eigenvalue weighted by Gasteiger charge is 2.10. The zero-order chi connectivity index (χ0) is 18.3. The van der Waals surface area contributed by atoms with Gasteiger partial charge >= 0.3 is 5.95 Å². The summed E-state index contributed by atoms with van der Waals surface area (Å²) in [6.45, 7) is 0. The van der Waals surface area contributed by atoms with Gasteiger partial charge in [0.25, 0.3) is 0 Å². The molecule has 0 spiro atoms. The second kappa shape index (κ2) is 8.52. The molecule has 0 radical (unpaired) electrons. The Labute approximate surface area is 141 Å². The van der Waals surface area contributed by atoms with Gasteiger partial charge in [0.1, 0.15) is 5.69 Å². The summed E-state index contributed by atoms with van der Waals surface area (Å²) < 4.78 is 34.9. The molecular weight excluding hydrogens is 334 g/mol. The normalized spacial score (nSPS) is 11.2. The molecule has 0 aliphatic heterocycles. The fraction of sp³-hybridized carbons (Fsp3) is 0.357. The Hall–Kier alpha value is -2.30. The van der Waals surface area contributed by atoms with E-state index in [9.17, 15) is 13.0 Å². The summed E-state index contributed by atoms with van der Waals surface area (Å²) in [5.74, 6) is 0.812. The summed E-state index contributed by atoms with van der Waals surface area (Å²) in [6.07, 6.45) is 3.90. The van der Waals surface area contributed by atoms with Gasteiger partial charge in [-0.1, -0.05) is 5.11 Å². The number of benzene rings is 1. The van der Waals surface area contributed by atoms with E-state index in [0.717, 1.165) is 24.4 Å². The number of rotatable bonds is 4. The second-order valence-corrected chi connectivity index (χ2v) is 6.16. The zero-order valence-corrected chi connectivity index (χ0v) is 15.1. The first-order valence-corrected chi connectivity index (χ1v) is 8.19. The Morgan fingerprint density at radius 3 is 2.12 bits per heavy atom. The molecule has 9 nitrogen and oxygen atoms in total. The highest BCUT2D eigenvalue weighted by molar-refractivity contribution is 7.80. The van der Waals surface area contributed by atoms with Crippen LogP contribution in [0.1, 0.15) is 0 Å². The van der Waals surface area contributed by atoms with Crippen molar-refractivity contribution in [3.63, 3.8) is 0 Å². The van der Waals surface area contributed by atoms with Crippen LogP contribution in [0.5, 0.6) is 0 Å². The third-order valence-corrected chi connectivity index (χ3v) is 3.38. The number of hydrogen-bond donors (Lipinski definition) is 0. The molecule has 0 aliphatic rings. The van der Waals surface area contributed by atoms with Crippen LogP contribution in [0.3, 0.4) is 0 Å². The number of anilines is 1. The lowest BCUT2D eigenvalue weighted by Crippen LogP contribution is -2.25. The molecule has 0 saturated heterocycles. The zero-order valence-electron chi connectivity index (χ0n) is 14.2. The number of nitrogens with zero attached hydrogens (tertiary/aromatic N) is 5. The second-order valence-electron chi connectivity index (χ2n) is 5.01. The van der Waals surface area contributed by atoms with Gasteiger partial charge in [0.2, 0.25) is 10.4 Å². The topological polar surface area (TPSA) is 103 Å². The molecule has 0 fully saturated rings. The van der Waals surface area contributed by atoms with E-state index in [1.54, 1.807) is 0 Å². The van der Waals surface area contributed by atoms with Crippen molar-refractivity contribution in [3.05, 3.63) is 36.7 Å². The predicted octanol–water partition coefficient (Wildman–Crippen LogP) is 1.42. The Balaban J connectivity index is 0.000000413. The standard InChI is InChI=1S/C13H18N5.CH4O4S/c1-16(2)12-7-5-11(6-8-12)14-15-13-17(3)9-10-18(13)4;1-5-6(2,3)4/h5-10H,1-4H3;1H3,(H,2,3,4)/q+1;/p-1. The smallest absolute Gasteiger partial charge is 0.421 e. The first kappa shape index (κ1) is 19.7. The van der Waals surface area contributed by atoms with Gasteiger partial charge in [0.15, 0.2) is 0 Å². The van der Waals surface area contributed by atoms with Gasteiger partial charge in [0, 0.05) is 24.9 Å². The molecule has 0 bridgehead atoms. The van der Waals surface area contributed by atoms with Crippen molar-refractivity contribution < 1.29 is 21.7 Å². The first-order chi connectivity index (χ1) is 11.1. The maximum Gasteiger partial charge on any atom is 0.421 e. The maximum atomic E-state index is 9.22. The molecule has 1 heterocycles. The lowest BCUT2D eigenvalue weighted by atomic mass is 10.3. The third-order valence-electron chi connectivity index (χ3n) is 2.97. The van der Waals surface area contributed by atoms with Crippen molar-refractivity contribution >= 4 is 27.7 Å². The van der Waals surface area contributed by atoms with Crippen LogP contribution in [0.4, 0.5) is 17.3 Å². The van der Waals surface area contributed by atoms with Crippen LogP contribution in [-0.4, -0.2) is 38.7 Å². The van der Waals surface area contributed by atoms with Crippen LogP contribution in [0.2, 0.25) is 0 Å². The monoisotopic (exact) mass is 355 g/mol. The number of hydrogen-bond acceptors (Lipinski definition) is 7. The molecule has 1 aromatic heterocycles. The Morgan fingerprint density at radius 1 is 1.21 bits per heavy atom. The van der Waals surface area contributed by atoms with Gasteiger partial charge in [-0.15, -0.1) is 0 Å². The van der Waals surface area contributed by atoms with Gasteiger partial charge in [-0.3, -0.25) is 4.18 Å². The minimum Gasteiger partial charge on any atom is -0.726 e. The fourth-order valence-corrected chi connectivity index (χ4v) is 1.64. The summed E-state index contributed by atoms with van der Waals surface area (Å²) in [7, 11) is 4.32. The molecule has 0 atom stereocenters. The summed E-state index contributed by atoms with van der Waals surface area (Å²) in [4.78, 5) is 2.05. The largest absolute Gasteiger partial charge is 0.726 e. The van der Waals surface area contributed by atoms with Crippen molar-refractivity contribution in [2.24, 2.45) is 24.3 Å². The first-order valence-electron chi connectivity index (χ1n) is 6.85. The lowest BCUT2D eigenvalue weighted by Gasteiger charge is -2.11. The Kier molecular flexibility index (Phi) is 7.01. The van der Waals surface area contributed by atoms with E-state index in [4.69, 9.17) is 0 Å². The van der Waals surface area contributed by atoms with Crippen molar-refractivity contribution in [2.45, 2.75) is 0 Å². The molecule has 0 aliphatic carbocycles. The van der Waals surface area contributed by atoms with Crippen LogP contribution < -0.4 is 9.47 Å². The van der Waals surface area contributed by atoms with Crippen LogP contribution in [-0.2, 0) is 28.7 Å². The molecule has 0 saturated carbocycles. The molecule has 132 valence electrons.